The molecule has 4 aliphatic rings. The maximum Gasteiger partial charge on any atom is 0.319 e. The Morgan fingerprint density at radius 1 is 1.22 bits per heavy atom. The van der Waals surface area contributed by atoms with Gasteiger partial charge in [0.15, 0.2) is 11.6 Å². The molecule has 3 atom stereocenters. The molecule has 2 N–H and O–H groups in total. The van der Waals surface area contributed by atoms with Crippen molar-refractivity contribution < 1.29 is 27.0 Å². The molecule has 0 bridgehead atoms. The Morgan fingerprint density at radius 2 is 2.04 bits per heavy atom. The van der Waals surface area contributed by atoms with Gasteiger partial charge in [-0.2, -0.15) is 15.2 Å². The summed E-state index contributed by atoms with van der Waals surface area (Å²) in [6.45, 7) is 4.24. The van der Waals surface area contributed by atoms with Gasteiger partial charge < -0.3 is 20.1 Å². The SMILES string of the molecule is C[C@H]1CN2CCCC2(COc2nc3c4c(c(Cl)c(-c5ccc(F)c6sc(N)c(C#N)c56)c(F)c4n2)OCCC2N3CCC2(F)F)C1. The van der Waals surface area contributed by atoms with Gasteiger partial charge in [-0.3, -0.25) is 4.90 Å². The number of nitrogens with zero attached hydrogens (tertiary/aromatic N) is 5. The molecule has 3 saturated heterocycles. The molecular formula is C32H29ClF4N6O2S. The Labute approximate surface area is 270 Å². The monoisotopic (exact) mass is 672 g/mol. The van der Waals surface area contributed by atoms with Crippen molar-refractivity contribution in [3.8, 4) is 29.0 Å². The number of nitriles is 1. The van der Waals surface area contributed by atoms with Crippen LogP contribution in [-0.2, 0) is 0 Å². The molecule has 240 valence electrons. The van der Waals surface area contributed by atoms with Crippen molar-refractivity contribution in [3.05, 3.63) is 34.4 Å². The van der Waals surface area contributed by atoms with E-state index < -0.39 is 30.0 Å². The maximum atomic E-state index is 17.1. The summed E-state index contributed by atoms with van der Waals surface area (Å²) in [5.41, 5.74) is 5.58. The number of ether oxygens (including phenoxy) is 2. The fourth-order valence-electron chi connectivity index (χ4n) is 8.12. The minimum absolute atomic E-state index is 0.00523. The lowest BCUT2D eigenvalue weighted by Crippen LogP contribution is -2.43. The third kappa shape index (κ3) is 4.26. The van der Waals surface area contributed by atoms with Gasteiger partial charge in [0.05, 0.1) is 38.9 Å². The second-order valence-electron chi connectivity index (χ2n) is 12.9. The molecule has 8 nitrogen and oxygen atoms in total. The molecule has 4 aromatic rings. The highest BCUT2D eigenvalue weighted by Crippen LogP contribution is 2.52. The number of hydrogen-bond acceptors (Lipinski definition) is 9. The number of hydrogen-bond donors (Lipinski definition) is 1. The first kappa shape index (κ1) is 29.8. The highest BCUT2D eigenvalue weighted by Gasteiger charge is 2.51. The average Bonchev–Trinajstić information content (AvgIpc) is 3.72. The minimum Gasteiger partial charge on any atom is -0.491 e. The Balaban J connectivity index is 1.36. The molecular weight excluding hydrogens is 644 g/mol. The van der Waals surface area contributed by atoms with E-state index in [4.69, 9.17) is 26.8 Å². The lowest BCUT2D eigenvalue weighted by atomic mass is 9.92. The summed E-state index contributed by atoms with van der Waals surface area (Å²) in [4.78, 5) is 13.1. The number of nitrogen functional groups attached to an aromatic ring is 1. The first-order valence-corrected chi connectivity index (χ1v) is 16.5. The van der Waals surface area contributed by atoms with Crippen LogP contribution in [0.5, 0.6) is 11.8 Å². The molecule has 2 unspecified atom stereocenters. The van der Waals surface area contributed by atoms with Crippen LogP contribution in [0.2, 0.25) is 5.02 Å². The zero-order valence-corrected chi connectivity index (χ0v) is 26.4. The average molecular weight is 673 g/mol. The lowest BCUT2D eigenvalue weighted by Gasteiger charge is -2.33. The van der Waals surface area contributed by atoms with Gasteiger partial charge in [-0.1, -0.05) is 24.6 Å². The highest BCUT2D eigenvalue weighted by atomic mass is 35.5. The van der Waals surface area contributed by atoms with Crippen LogP contribution in [0.3, 0.4) is 0 Å². The van der Waals surface area contributed by atoms with Gasteiger partial charge in [0.2, 0.25) is 0 Å². The van der Waals surface area contributed by atoms with Gasteiger partial charge >= 0.3 is 6.01 Å². The Kier molecular flexibility index (Phi) is 6.77. The summed E-state index contributed by atoms with van der Waals surface area (Å²) in [5, 5.41) is 9.96. The number of rotatable bonds is 4. The standard InChI is InChI=1S/C32H29ClF4N6O2S/c1-15-11-31(6-2-8-42(31)13-15)14-45-30-40-25-22-26(44-10-5-19-32(36,37)7-9-43(19)29(22)41-30)23(33)21(24(25)35)16-3-4-18(34)27-20(16)17(12-38)28(39)46-27/h3-4,15,19H,2,5-11,13-14,39H2,1H3/t15-,19?,31?/m1/s1. The number of fused-ring (bicyclic) bond motifs is 4. The summed E-state index contributed by atoms with van der Waals surface area (Å²) in [6.07, 6.45) is 2.48. The third-order valence-corrected chi connectivity index (χ3v) is 11.5. The fourth-order valence-corrected chi connectivity index (χ4v) is 9.41. The Morgan fingerprint density at radius 3 is 2.85 bits per heavy atom. The zero-order valence-electron chi connectivity index (χ0n) is 24.8. The predicted octanol–water partition coefficient (Wildman–Crippen LogP) is 7.15. The molecule has 3 fully saturated rings. The molecule has 2 aromatic carbocycles. The Bertz CT molecular complexity index is 1980. The smallest absolute Gasteiger partial charge is 0.319 e. The van der Waals surface area contributed by atoms with Gasteiger partial charge in [-0.05, 0) is 43.4 Å². The number of halogens is 5. The number of benzene rings is 2. The van der Waals surface area contributed by atoms with Crippen molar-refractivity contribution in [3.63, 3.8) is 0 Å². The fraction of sp³-hybridized carbons (Fsp3) is 0.469. The van der Waals surface area contributed by atoms with Crippen molar-refractivity contribution in [1.82, 2.24) is 14.9 Å². The van der Waals surface area contributed by atoms with Crippen LogP contribution in [0.4, 0.5) is 28.4 Å². The maximum absolute atomic E-state index is 17.1. The highest BCUT2D eigenvalue weighted by molar-refractivity contribution is 7.23. The van der Waals surface area contributed by atoms with Crippen molar-refractivity contribution in [2.75, 3.05) is 43.5 Å². The topological polar surface area (TPSA) is 101 Å². The molecule has 0 amide bonds. The minimum atomic E-state index is -3.02. The van der Waals surface area contributed by atoms with Crippen LogP contribution < -0.4 is 20.1 Å². The molecule has 4 aliphatic heterocycles. The quantitative estimate of drug-likeness (QED) is 0.228. The van der Waals surface area contributed by atoms with Crippen LogP contribution in [-0.4, -0.2) is 65.2 Å². The first-order valence-electron chi connectivity index (χ1n) is 15.3. The summed E-state index contributed by atoms with van der Waals surface area (Å²) in [5.74, 6) is -3.97. The summed E-state index contributed by atoms with van der Waals surface area (Å²) in [7, 11) is 0. The normalized spacial score (nSPS) is 25.3. The third-order valence-electron chi connectivity index (χ3n) is 10.1. The second kappa shape index (κ2) is 10.5. The summed E-state index contributed by atoms with van der Waals surface area (Å²) in [6, 6.07) is 3.13. The van der Waals surface area contributed by atoms with Crippen LogP contribution in [0, 0.1) is 28.9 Å². The van der Waals surface area contributed by atoms with Gasteiger partial charge in [0.25, 0.3) is 5.92 Å². The van der Waals surface area contributed by atoms with Crippen molar-refractivity contribution in [1.29, 1.82) is 5.26 Å². The van der Waals surface area contributed by atoms with Crippen LogP contribution >= 0.6 is 22.9 Å². The zero-order chi connectivity index (χ0) is 32.1. The van der Waals surface area contributed by atoms with Crippen LogP contribution in [0.15, 0.2) is 12.1 Å². The molecule has 14 heteroatoms. The van der Waals surface area contributed by atoms with E-state index in [2.05, 4.69) is 21.8 Å². The molecule has 46 heavy (non-hydrogen) atoms. The van der Waals surface area contributed by atoms with Gasteiger partial charge in [-0.25, -0.2) is 17.6 Å². The molecule has 0 saturated carbocycles. The molecule has 2 aromatic heterocycles. The molecule has 8 rings (SSSR count). The first-order chi connectivity index (χ1) is 22.0. The molecule has 0 spiro atoms. The van der Waals surface area contributed by atoms with Crippen LogP contribution in [0.1, 0.15) is 44.6 Å². The van der Waals surface area contributed by atoms with E-state index in [1.54, 1.807) is 0 Å². The van der Waals surface area contributed by atoms with Gasteiger partial charge in [0.1, 0.15) is 34.8 Å². The van der Waals surface area contributed by atoms with E-state index in [1.807, 2.05) is 6.07 Å². The molecule has 0 aliphatic carbocycles. The van der Waals surface area contributed by atoms with Gasteiger partial charge in [-0.15, -0.1) is 11.3 Å². The molecule has 0 radical (unpaired) electrons. The predicted molar refractivity (Wildman–Crippen MR) is 168 cm³/mol. The van der Waals surface area contributed by atoms with E-state index in [1.165, 1.54) is 11.0 Å². The van der Waals surface area contributed by atoms with Crippen LogP contribution in [0.25, 0.3) is 32.1 Å². The van der Waals surface area contributed by atoms with Gasteiger partial charge in [0, 0.05) is 36.9 Å². The van der Waals surface area contributed by atoms with E-state index in [9.17, 15) is 9.65 Å². The van der Waals surface area contributed by atoms with E-state index in [0.717, 1.165) is 49.8 Å². The number of thiophene rings is 1. The number of alkyl halides is 2. The second-order valence-corrected chi connectivity index (χ2v) is 14.3. The van der Waals surface area contributed by atoms with Crippen molar-refractivity contribution in [2.24, 2.45) is 5.92 Å². The molecule has 6 heterocycles. The van der Waals surface area contributed by atoms with Crippen molar-refractivity contribution in [2.45, 2.75) is 56.5 Å². The summed E-state index contributed by atoms with van der Waals surface area (Å²) >= 11 is 7.81. The summed E-state index contributed by atoms with van der Waals surface area (Å²) < 4.78 is 74.7. The Hall–Kier alpha value is -3.60. The van der Waals surface area contributed by atoms with Crippen molar-refractivity contribution >= 4 is 54.7 Å². The van der Waals surface area contributed by atoms with E-state index >= 15 is 13.2 Å². The lowest BCUT2D eigenvalue weighted by molar-refractivity contribution is -0.0124. The number of anilines is 2. The largest absolute Gasteiger partial charge is 0.491 e. The number of aromatic nitrogens is 2. The van der Waals surface area contributed by atoms with E-state index in [0.29, 0.717) is 5.92 Å². The number of nitrogens with two attached hydrogens (primary N) is 1. The van der Waals surface area contributed by atoms with E-state index in [-0.39, 0.29) is 97.0 Å².